The molecule has 1 amide bonds. The Morgan fingerprint density at radius 2 is 2.30 bits per heavy atom. The van der Waals surface area contributed by atoms with Gasteiger partial charge in [-0.3, -0.25) is 9.89 Å². The van der Waals surface area contributed by atoms with Crippen molar-refractivity contribution in [2.45, 2.75) is 25.4 Å². The fraction of sp³-hybridized carbons (Fsp3) is 0.308. The Labute approximate surface area is 120 Å². The Kier molecular flexibility index (Phi) is 4.73. The predicted molar refractivity (Wildman–Crippen MR) is 76.3 cm³/mol. The average Bonchev–Trinajstić information content (AvgIpc) is 2.89. The monoisotopic (exact) mass is 294 g/mol. The normalized spacial score (nSPS) is 10.6. The molecule has 1 heterocycles. The summed E-state index contributed by atoms with van der Waals surface area (Å²) in [5.74, 6) is 0.372. The van der Waals surface area contributed by atoms with Gasteiger partial charge in [-0.1, -0.05) is 24.8 Å². The van der Waals surface area contributed by atoms with Crippen LogP contribution >= 0.6 is 11.8 Å². The van der Waals surface area contributed by atoms with E-state index in [4.69, 9.17) is 0 Å². The summed E-state index contributed by atoms with van der Waals surface area (Å²) in [5, 5.41) is 9.98. The predicted octanol–water partition coefficient (Wildman–Crippen LogP) is 2.55. The summed E-state index contributed by atoms with van der Waals surface area (Å²) in [5.41, 5.74) is 1.30. The molecule has 0 spiro atoms. The number of nitrogens with zero attached hydrogens (tertiary/aromatic N) is 2. The van der Waals surface area contributed by atoms with Gasteiger partial charge in [0, 0.05) is 12.1 Å². The summed E-state index contributed by atoms with van der Waals surface area (Å²) >= 11 is 1.23. The van der Waals surface area contributed by atoms with Gasteiger partial charge >= 0.3 is 0 Å². The maximum atomic E-state index is 13.1. The quantitative estimate of drug-likeness (QED) is 0.831. The highest BCUT2D eigenvalue weighted by Crippen LogP contribution is 2.17. The van der Waals surface area contributed by atoms with E-state index in [-0.39, 0.29) is 17.5 Å². The molecule has 7 heteroatoms. The first-order valence-corrected chi connectivity index (χ1v) is 7.17. The summed E-state index contributed by atoms with van der Waals surface area (Å²) in [6.07, 6.45) is 0.766. The van der Waals surface area contributed by atoms with Crippen LogP contribution in [0.1, 0.15) is 18.3 Å². The zero-order valence-electron chi connectivity index (χ0n) is 11.2. The van der Waals surface area contributed by atoms with Crippen LogP contribution in [0.25, 0.3) is 0 Å². The number of carbonyl (C=O) groups is 1. The van der Waals surface area contributed by atoms with E-state index in [1.54, 1.807) is 6.07 Å². The SMILES string of the molecule is CCc1nc(SCC(=O)Nc2cc(F)ccc2C)n[nH]1. The van der Waals surface area contributed by atoms with Gasteiger partial charge in [-0.2, -0.15) is 0 Å². The van der Waals surface area contributed by atoms with Crippen LogP contribution < -0.4 is 5.32 Å². The first-order valence-electron chi connectivity index (χ1n) is 6.18. The van der Waals surface area contributed by atoms with Crippen LogP contribution in [-0.2, 0) is 11.2 Å². The van der Waals surface area contributed by atoms with Gasteiger partial charge in [0.25, 0.3) is 0 Å². The topological polar surface area (TPSA) is 70.7 Å². The molecule has 0 saturated heterocycles. The zero-order valence-corrected chi connectivity index (χ0v) is 12.1. The van der Waals surface area contributed by atoms with Crippen molar-refractivity contribution in [1.29, 1.82) is 0 Å². The molecule has 0 radical (unpaired) electrons. The van der Waals surface area contributed by atoms with Gasteiger partial charge in [0.1, 0.15) is 11.6 Å². The third-order valence-electron chi connectivity index (χ3n) is 2.65. The minimum Gasteiger partial charge on any atom is -0.325 e. The Morgan fingerprint density at radius 3 is 3.00 bits per heavy atom. The van der Waals surface area contributed by atoms with Crippen molar-refractivity contribution in [1.82, 2.24) is 15.2 Å². The molecule has 0 unspecified atom stereocenters. The van der Waals surface area contributed by atoms with Crippen LogP contribution in [0.3, 0.4) is 0 Å². The van der Waals surface area contributed by atoms with Gasteiger partial charge in [0.2, 0.25) is 11.1 Å². The van der Waals surface area contributed by atoms with Gasteiger partial charge in [-0.25, -0.2) is 9.37 Å². The molecule has 20 heavy (non-hydrogen) atoms. The third-order valence-corrected chi connectivity index (χ3v) is 3.50. The van der Waals surface area contributed by atoms with E-state index in [0.717, 1.165) is 17.8 Å². The van der Waals surface area contributed by atoms with Crippen LogP contribution in [0.4, 0.5) is 10.1 Å². The number of hydrogen-bond acceptors (Lipinski definition) is 4. The standard InChI is InChI=1S/C13H15FN4OS/c1-3-11-16-13(18-17-11)20-7-12(19)15-10-6-9(14)5-4-8(10)2/h4-6H,3,7H2,1-2H3,(H,15,19)(H,16,17,18). The number of amides is 1. The molecule has 5 nitrogen and oxygen atoms in total. The van der Waals surface area contributed by atoms with Crippen molar-refractivity contribution >= 4 is 23.4 Å². The van der Waals surface area contributed by atoms with E-state index < -0.39 is 0 Å². The van der Waals surface area contributed by atoms with E-state index >= 15 is 0 Å². The average molecular weight is 294 g/mol. The number of carbonyl (C=O) groups excluding carboxylic acids is 1. The molecule has 0 aliphatic heterocycles. The zero-order chi connectivity index (χ0) is 14.5. The summed E-state index contributed by atoms with van der Waals surface area (Å²) < 4.78 is 13.1. The molecule has 0 fully saturated rings. The van der Waals surface area contributed by atoms with E-state index in [0.29, 0.717) is 10.8 Å². The summed E-state index contributed by atoms with van der Waals surface area (Å²) in [7, 11) is 0. The van der Waals surface area contributed by atoms with Crippen molar-refractivity contribution in [3.8, 4) is 0 Å². The van der Waals surface area contributed by atoms with Crippen molar-refractivity contribution in [2.75, 3.05) is 11.1 Å². The second kappa shape index (κ2) is 6.51. The smallest absolute Gasteiger partial charge is 0.234 e. The van der Waals surface area contributed by atoms with E-state index in [2.05, 4.69) is 20.5 Å². The Hall–Kier alpha value is -1.89. The highest BCUT2D eigenvalue weighted by atomic mass is 32.2. The number of aromatic nitrogens is 3. The Morgan fingerprint density at radius 1 is 1.50 bits per heavy atom. The number of thioether (sulfide) groups is 1. The van der Waals surface area contributed by atoms with E-state index in [1.165, 1.54) is 23.9 Å². The van der Waals surface area contributed by atoms with Crippen molar-refractivity contribution < 1.29 is 9.18 Å². The molecule has 2 rings (SSSR count). The van der Waals surface area contributed by atoms with Crippen LogP contribution in [0.2, 0.25) is 0 Å². The summed E-state index contributed by atoms with van der Waals surface area (Å²) in [6, 6.07) is 4.29. The number of benzene rings is 1. The van der Waals surface area contributed by atoms with Crippen molar-refractivity contribution in [3.05, 3.63) is 35.4 Å². The maximum absolute atomic E-state index is 13.1. The molecule has 2 aromatic rings. The van der Waals surface area contributed by atoms with Crippen molar-refractivity contribution in [2.24, 2.45) is 0 Å². The van der Waals surface area contributed by atoms with Gasteiger partial charge < -0.3 is 5.32 Å². The molecule has 0 bridgehead atoms. The lowest BCUT2D eigenvalue weighted by Crippen LogP contribution is -2.15. The fourth-order valence-corrected chi connectivity index (χ4v) is 2.16. The maximum Gasteiger partial charge on any atom is 0.234 e. The minimum absolute atomic E-state index is 0.178. The number of rotatable bonds is 5. The number of aryl methyl sites for hydroxylation is 2. The largest absolute Gasteiger partial charge is 0.325 e. The molecule has 0 atom stereocenters. The van der Waals surface area contributed by atoms with Gasteiger partial charge in [0.05, 0.1) is 5.75 Å². The number of aromatic amines is 1. The fourth-order valence-electron chi connectivity index (χ4n) is 1.55. The molecular weight excluding hydrogens is 279 g/mol. The number of anilines is 1. The molecule has 0 saturated carbocycles. The molecule has 0 aliphatic rings. The molecule has 1 aromatic heterocycles. The number of H-pyrrole nitrogens is 1. The molecule has 2 N–H and O–H groups in total. The number of hydrogen-bond donors (Lipinski definition) is 2. The van der Waals surface area contributed by atoms with Crippen molar-refractivity contribution in [3.63, 3.8) is 0 Å². The van der Waals surface area contributed by atoms with Gasteiger partial charge in [-0.05, 0) is 24.6 Å². The molecule has 1 aromatic carbocycles. The van der Waals surface area contributed by atoms with Crippen LogP contribution in [-0.4, -0.2) is 26.8 Å². The number of halogens is 1. The first kappa shape index (κ1) is 14.5. The van der Waals surface area contributed by atoms with Gasteiger partial charge in [-0.15, -0.1) is 5.10 Å². The van der Waals surface area contributed by atoms with Crippen LogP contribution in [0.15, 0.2) is 23.4 Å². The molecule has 106 valence electrons. The highest BCUT2D eigenvalue weighted by molar-refractivity contribution is 7.99. The Balaban J connectivity index is 1.90. The Bertz CT molecular complexity index is 614. The number of nitrogens with one attached hydrogen (secondary N) is 2. The van der Waals surface area contributed by atoms with Gasteiger partial charge in [0.15, 0.2) is 0 Å². The minimum atomic E-state index is -0.375. The first-order chi connectivity index (χ1) is 9.58. The highest BCUT2D eigenvalue weighted by Gasteiger charge is 2.09. The lowest BCUT2D eigenvalue weighted by atomic mass is 10.2. The lowest BCUT2D eigenvalue weighted by Gasteiger charge is -2.07. The van der Waals surface area contributed by atoms with E-state index in [9.17, 15) is 9.18 Å². The third kappa shape index (κ3) is 3.80. The molecule has 0 aliphatic carbocycles. The second-order valence-corrected chi connectivity index (χ2v) is 5.16. The summed E-state index contributed by atoms with van der Waals surface area (Å²) in [6.45, 7) is 3.78. The van der Waals surface area contributed by atoms with E-state index in [1.807, 2.05) is 13.8 Å². The second-order valence-electron chi connectivity index (χ2n) is 4.21. The van der Waals surface area contributed by atoms with Crippen LogP contribution in [0, 0.1) is 12.7 Å². The lowest BCUT2D eigenvalue weighted by molar-refractivity contribution is -0.113. The summed E-state index contributed by atoms with van der Waals surface area (Å²) in [4.78, 5) is 16.0. The molecular formula is C13H15FN4OS. The van der Waals surface area contributed by atoms with Crippen LogP contribution in [0.5, 0.6) is 0 Å².